The van der Waals surface area contributed by atoms with Gasteiger partial charge in [-0.2, -0.15) is 0 Å². The molecule has 2 rings (SSSR count). The molecule has 17 heavy (non-hydrogen) atoms. The Morgan fingerprint density at radius 3 is 2.71 bits per heavy atom. The third-order valence-corrected chi connectivity index (χ3v) is 3.39. The Kier molecular flexibility index (Phi) is 4.87. The molecule has 1 unspecified atom stereocenters. The monoisotopic (exact) mass is 233 g/mol. The van der Waals surface area contributed by atoms with Crippen molar-refractivity contribution in [1.82, 2.24) is 5.32 Å². The Labute approximate surface area is 104 Å². The lowest BCUT2D eigenvalue weighted by atomic mass is 10.0. The number of nitrogens with one attached hydrogen (secondary N) is 1. The molecule has 0 aliphatic heterocycles. The molecule has 2 nitrogen and oxygen atoms in total. The lowest BCUT2D eigenvalue weighted by Crippen LogP contribution is -2.25. The minimum Gasteiger partial charge on any atom is -0.494 e. The van der Waals surface area contributed by atoms with E-state index < -0.39 is 0 Å². The van der Waals surface area contributed by atoms with E-state index >= 15 is 0 Å². The maximum Gasteiger partial charge on any atom is 0.119 e. The molecule has 1 aromatic rings. The van der Waals surface area contributed by atoms with Crippen LogP contribution in [0.15, 0.2) is 30.3 Å². The van der Waals surface area contributed by atoms with E-state index in [1.807, 2.05) is 30.3 Å². The zero-order valence-electron chi connectivity index (χ0n) is 10.7. The standard InChI is InChI=1S/C15H23NO/c1-2-13(12-16-14-8-9-14)10-11-17-15-6-4-3-5-7-15/h3-7,13-14,16H,2,8-12H2,1H3. The van der Waals surface area contributed by atoms with Crippen molar-refractivity contribution in [3.8, 4) is 5.75 Å². The topological polar surface area (TPSA) is 21.3 Å². The Bertz CT molecular complexity index is 308. The molecule has 1 saturated carbocycles. The van der Waals surface area contributed by atoms with E-state index in [4.69, 9.17) is 4.74 Å². The number of hydrogen-bond acceptors (Lipinski definition) is 2. The first-order valence-electron chi connectivity index (χ1n) is 6.79. The van der Waals surface area contributed by atoms with Crippen LogP contribution in [-0.2, 0) is 0 Å². The second-order valence-electron chi connectivity index (χ2n) is 4.91. The summed E-state index contributed by atoms with van der Waals surface area (Å²) in [6, 6.07) is 10.9. The zero-order valence-corrected chi connectivity index (χ0v) is 10.7. The lowest BCUT2D eigenvalue weighted by Gasteiger charge is -2.15. The summed E-state index contributed by atoms with van der Waals surface area (Å²) in [6.07, 6.45) is 5.12. The number of benzene rings is 1. The van der Waals surface area contributed by atoms with Crippen LogP contribution in [0.3, 0.4) is 0 Å². The fraction of sp³-hybridized carbons (Fsp3) is 0.600. The normalized spacial score (nSPS) is 16.8. The van der Waals surface area contributed by atoms with Gasteiger partial charge in [-0.1, -0.05) is 31.5 Å². The first-order valence-corrected chi connectivity index (χ1v) is 6.79. The van der Waals surface area contributed by atoms with Crippen LogP contribution in [0.25, 0.3) is 0 Å². The molecule has 0 heterocycles. The van der Waals surface area contributed by atoms with Crippen LogP contribution in [0.5, 0.6) is 5.75 Å². The van der Waals surface area contributed by atoms with Gasteiger partial charge in [0.15, 0.2) is 0 Å². The van der Waals surface area contributed by atoms with Gasteiger partial charge in [0.05, 0.1) is 6.61 Å². The molecule has 1 aromatic carbocycles. The molecular weight excluding hydrogens is 210 g/mol. The first-order chi connectivity index (χ1) is 8.38. The highest BCUT2D eigenvalue weighted by Gasteiger charge is 2.21. The molecule has 1 fully saturated rings. The minimum absolute atomic E-state index is 0.749. The molecule has 1 atom stereocenters. The van der Waals surface area contributed by atoms with E-state index in [1.165, 1.54) is 19.3 Å². The van der Waals surface area contributed by atoms with Crippen LogP contribution in [0.1, 0.15) is 32.6 Å². The van der Waals surface area contributed by atoms with Crippen molar-refractivity contribution in [2.24, 2.45) is 5.92 Å². The number of rotatable bonds is 8. The van der Waals surface area contributed by atoms with E-state index in [0.717, 1.165) is 37.3 Å². The van der Waals surface area contributed by atoms with Crippen LogP contribution in [0, 0.1) is 5.92 Å². The summed E-state index contributed by atoms with van der Waals surface area (Å²) in [5, 5.41) is 3.60. The van der Waals surface area contributed by atoms with E-state index in [-0.39, 0.29) is 0 Å². The van der Waals surface area contributed by atoms with Gasteiger partial charge in [0.2, 0.25) is 0 Å². The lowest BCUT2D eigenvalue weighted by molar-refractivity contribution is 0.270. The Balaban J connectivity index is 1.61. The van der Waals surface area contributed by atoms with E-state index in [9.17, 15) is 0 Å². The minimum atomic E-state index is 0.749. The van der Waals surface area contributed by atoms with Gasteiger partial charge in [0, 0.05) is 6.04 Å². The molecule has 1 N–H and O–H groups in total. The van der Waals surface area contributed by atoms with Gasteiger partial charge in [0.1, 0.15) is 5.75 Å². The Hall–Kier alpha value is -1.02. The van der Waals surface area contributed by atoms with Crippen LogP contribution in [0.2, 0.25) is 0 Å². The summed E-state index contributed by atoms with van der Waals surface area (Å²) >= 11 is 0. The van der Waals surface area contributed by atoms with Gasteiger partial charge < -0.3 is 10.1 Å². The summed E-state index contributed by atoms with van der Waals surface area (Å²) in [6.45, 7) is 4.25. The van der Waals surface area contributed by atoms with Gasteiger partial charge >= 0.3 is 0 Å². The third-order valence-electron chi connectivity index (χ3n) is 3.39. The maximum atomic E-state index is 5.73. The molecule has 0 bridgehead atoms. The van der Waals surface area contributed by atoms with E-state index in [0.29, 0.717) is 0 Å². The van der Waals surface area contributed by atoms with Crippen molar-refractivity contribution in [2.45, 2.75) is 38.6 Å². The highest BCUT2D eigenvalue weighted by atomic mass is 16.5. The molecule has 0 radical (unpaired) electrons. The summed E-state index contributed by atoms with van der Waals surface area (Å²) in [5.41, 5.74) is 0. The highest BCUT2D eigenvalue weighted by Crippen LogP contribution is 2.20. The number of para-hydroxylation sites is 1. The molecular formula is C15H23NO. The molecule has 94 valence electrons. The number of hydrogen-bond donors (Lipinski definition) is 1. The average Bonchev–Trinajstić information content (AvgIpc) is 3.19. The van der Waals surface area contributed by atoms with Crippen LogP contribution >= 0.6 is 0 Å². The maximum absolute atomic E-state index is 5.73. The molecule has 0 spiro atoms. The van der Waals surface area contributed by atoms with Gasteiger partial charge in [-0.25, -0.2) is 0 Å². The second kappa shape index (κ2) is 6.65. The second-order valence-corrected chi connectivity index (χ2v) is 4.91. The van der Waals surface area contributed by atoms with Gasteiger partial charge in [0.25, 0.3) is 0 Å². The summed E-state index contributed by atoms with van der Waals surface area (Å²) in [4.78, 5) is 0. The van der Waals surface area contributed by atoms with Crippen LogP contribution < -0.4 is 10.1 Å². The van der Waals surface area contributed by atoms with Gasteiger partial charge in [-0.15, -0.1) is 0 Å². The van der Waals surface area contributed by atoms with Crippen LogP contribution in [-0.4, -0.2) is 19.2 Å². The molecule has 0 amide bonds. The SMILES string of the molecule is CCC(CCOc1ccccc1)CNC1CC1. The highest BCUT2D eigenvalue weighted by molar-refractivity contribution is 5.20. The Morgan fingerprint density at radius 2 is 2.06 bits per heavy atom. The third kappa shape index (κ3) is 4.78. The van der Waals surface area contributed by atoms with E-state index in [1.54, 1.807) is 0 Å². The van der Waals surface area contributed by atoms with Crippen molar-refractivity contribution in [1.29, 1.82) is 0 Å². The Morgan fingerprint density at radius 1 is 1.29 bits per heavy atom. The van der Waals surface area contributed by atoms with Crippen molar-refractivity contribution in [3.63, 3.8) is 0 Å². The predicted octanol–water partition coefficient (Wildman–Crippen LogP) is 3.23. The van der Waals surface area contributed by atoms with Crippen molar-refractivity contribution < 1.29 is 4.74 Å². The van der Waals surface area contributed by atoms with Crippen molar-refractivity contribution in [2.75, 3.05) is 13.2 Å². The summed E-state index contributed by atoms with van der Waals surface area (Å²) in [7, 11) is 0. The van der Waals surface area contributed by atoms with Gasteiger partial charge in [-0.05, 0) is 43.9 Å². The quantitative estimate of drug-likeness (QED) is 0.744. The fourth-order valence-corrected chi connectivity index (χ4v) is 1.93. The molecule has 1 aliphatic carbocycles. The summed E-state index contributed by atoms with van der Waals surface area (Å²) in [5.74, 6) is 1.73. The van der Waals surface area contributed by atoms with Crippen LogP contribution in [0.4, 0.5) is 0 Å². The fourth-order valence-electron chi connectivity index (χ4n) is 1.93. The molecule has 2 heteroatoms. The average molecular weight is 233 g/mol. The van der Waals surface area contributed by atoms with E-state index in [2.05, 4.69) is 12.2 Å². The number of ether oxygens (including phenoxy) is 1. The zero-order chi connectivity index (χ0) is 11.9. The predicted molar refractivity (Wildman–Crippen MR) is 71.4 cm³/mol. The summed E-state index contributed by atoms with van der Waals surface area (Å²) < 4.78 is 5.73. The smallest absolute Gasteiger partial charge is 0.119 e. The van der Waals surface area contributed by atoms with Gasteiger partial charge in [-0.3, -0.25) is 0 Å². The van der Waals surface area contributed by atoms with Crippen molar-refractivity contribution in [3.05, 3.63) is 30.3 Å². The largest absolute Gasteiger partial charge is 0.494 e. The molecule has 0 saturated heterocycles. The van der Waals surface area contributed by atoms with Crippen molar-refractivity contribution >= 4 is 0 Å². The molecule has 0 aromatic heterocycles. The first kappa shape index (κ1) is 12.4. The molecule has 1 aliphatic rings.